The maximum absolute atomic E-state index is 12.5. The Labute approximate surface area is 144 Å². The van der Waals surface area contributed by atoms with Gasteiger partial charge >= 0.3 is 0 Å². The molecule has 0 bridgehead atoms. The van der Waals surface area contributed by atoms with Gasteiger partial charge in [0.05, 0.1) is 17.7 Å². The number of hydrogen-bond donors (Lipinski definition) is 1. The number of fused-ring (bicyclic) bond motifs is 1. The van der Waals surface area contributed by atoms with Crippen LogP contribution in [0.2, 0.25) is 0 Å². The van der Waals surface area contributed by atoms with E-state index in [1.807, 2.05) is 17.7 Å². The molecule has 1 aromatic heterocycles. The van der Waals surface area contributed by atoms with Crippen LogP contribution in [-0.4, -0.2) is 15.7 Å². The minimum atomic E-state index is -0.164. The minimum absolute atomic E-state index is 0.0103. The van der Waals surface area contributed by atoms with Gasteiger partial charge in [-0.3, -0.25) is 4.79 Å². The van der Waals surface area contributed by atoms with Crippen LogP contribution in [0.25, 0.3) is 0 Å². The van der Waals surface area contributed by atoms with Crippen LogP contribution in [0.1, 0.15) is 56.0 Å². The van der Waals surface area contributed by atoms with E-state index in [0.717, 1.165) is 23.5 Å². The average Bonchev–Trinajstić information content (AvgIpc) is 2.87. The van der Waals surface area contributed by atoms with E-state index in [0.29, 0.717) is 6.42 Å². The van der Waals surface area contributed by atoms with E-state index in [4.69, 9.17) is 0 Å². The molecule has 0 saturated heterocycles. The molecule has 128 valence electrons. The van der Waals surface area contributed by atoms with Crippen molar-refractivity contribution in [3.63, 3.8) is 0 Å². The lowest BCUT2D eigenvalue weighted by atomic mass is 9.90. The molecule has 1 aliphatic rings. The molecule has 1 aromatic carbocycles. The van der Waals surface area contributed by atoms with Crippen molar-refractivity contribution in [3.8, 4) is 0 Å². The predicted molar refractivity (Wildman–Crippen MR) is 97.4 cm³/mol. The smallest absolute Gasteiger partial charge is 0.229 e. The molecule has 1 heterocycles. The summed E-state index contributed by atoms with van der Waals surface area (Å²) in [5.74, 6) is 0.777. The van der Waals surface area contributed by atoms with E-state index in [-0.39, 0.29) is 11.4 Å². The second kappa shape index (κ2) is 6.42. The Balaban J connectivity index is 1.72. The highest BCUT2D eigenvalue weighted by molar-refractivity contribution is 5.91. The maximum atomic E-state index is 12.5. The summed E-state index contributed by atoms with van der Waals surface area (Å²) in [7, 11) is 0. The van der Waals surface area contributed by atoms with Gasteiger partial charge in [-0.2, -0.15) is 5.10 Å². The van der Waals surface area contributed by atoms with E-state index < -0.39 is 0 Å². The van der Waals surface area contributed by atoms with Crippen molar-refractivity contribution in [2.24, 2.45) is 0 Å². The first-order chi connectivity index (χ1) is 11.3. The molecule has 0 radical (unpaired) electrons. The van der Waals surface area contributed by atoms with E-state index in [1.54, 1.807) is 0 Å². The lowest BCUT2D eigenvalue weighted by molar-refractivity contribution is -0.115. The molecule has 1 amide bonds. The maximum Gasteiger partial charge on any atom is 0.229 e. The van der Waals surface area contributed by atoms with Gasteiger partial charge in [0.2, 0.25) is 5.91 Å². The van der Waals surface area contributed by atoms with Crippen molar-refractivity contribution in [1.82, 2.24) is 9.78 Å². The number of rotatable bonds is 3. The van der Waals surface area contributed by atoms with Crippen LogP contribution in [0.3, 0.4) is 0 Å². The third-order valence-electron chi connectivity index (χ3n) is 4.51. The fourth-order valence-electron chi connectivity index (χ4n) is 3.37. The average molecular weight is 325 g/mol. The molecule has 0 saturated carbocycles. The number of benzene rings is 1. The highest BCUT2D eigenvalue weighted by atomic mass is 16.1. The molecule has 24 heavy (non-hydrogen) atoms. The van der Waals surface area contributed by atoms with Crippen LogP contribution >= 0.6 is 0 Å². The highest BCUT2D eigenvalue weighted by Gasteiger charge is 2.20. The first kappa shape index (κ1) is 16.7. The summed E-state index contributed by atoms with van der Waals surface area (Å²) >= 11 is 0. The normalized spacial score (nSPS) is 14.3. The molecule has 4 nitrogen and oxygen atoms in total. The quantitative estimate of drug-likeness (QED) is 0.927. The number of aromatic nitrogens is 2. The zero-order chi connectivity index (χ0) is 17.3. The summed E-state index contributed by atoms with van der Waals surface area (Å²) in [5, 5.41) is 7.53. The molecule has 0 unspecified atom stereocenters. The van der Waals surface area contributed by atoms with Crippen LogP contribution in [0.5, 0.6) is 0 Å². The molecule has 0 spiro atoms. The third kappa shape index (κ3) is 3.69. The van der Waals surface area contributed by atoms with Gasteiger partial charge in [0.1, 0.15) is 5.82 Å². The second-order valence-electron chi connectivity index (χ2n) is 7.79. The standard InChI is InChI=1S/C20H27N3O/c1-14-11-18(23(22-14)20(2,3)4)21-19(24)13-15-9-10-16-7-5-6-8-17(16)12-15/h9-12H,5-8,13H2,1-4H3,(H,21,24). The first-order valence-electron chi connectivity index (χ1n) is 8.80. The fraction of sp³-hybridized carbons (Fsp3) is 0.500. The van der Waals surface area contributed by atoms with Gasteiger partial charge in [-0.25, -0.2) is 4.68 Å². The number of amides is 1. The lowest BCUT2D eigenvalue weighted by Crippen LogP contribution is -2.27. The zero-order valence-electron chi connectivity index (χ0n) is 15.1. The van der Waals surface area contributed by atoms with Crippen LogP contribution in [0.4, 0.5) is 5.82 Å². The lowest BCUT2D eigenvalue weighted by Gasteiger charge is -2.22. The molecule has 0 aliphatic heterocycles. The molecule has 0 atom stereocenters. The number of carbonyl (C=O) groups excluding carboxylic acids is 1. The van der Waals surface area contributed by atoms with E-state index in [1.165, 1.54) is 30.4 Å². The summed E-state index contributed by atoms with van der Waals surface area (Å²) < 4.78 is 1.88. The van der Waals surface area contributed by atoms with E-state index >= 15 is 0 Å². The van der Waals surface area contributed by atoms with Crippen LogP contribution in [0.15, 0.2) is 24.3 Å². The number of nitrogens with zero attached hydrogens (tertiary/aromatic N) is 2. The Bertz CT molecular complexity index is 753. The number of aryl methyl sites for hydroxylation is 3. The highest BCUT2D eigenvalue weighted by Crippen LogP contribution is 2.23. The molecule has 3 rings (SSSR count). The number of nitrogens with one attached hydrogen (secondary N) is 1. The summed E-state index contributed by atoms with van der Waals surface area (Å²) in [6, 6.07) is 8.42. The monoisotopic (exact) mass is 325 g/mol. The Morgan fingerprint density at radius 1 is 1.17 bits per heavy atom. The predicted octanol–water partition coefficient (Wildman–Crippen LogP) is 4.01. The largest absolute Gasteiger partial charge is 0.311 e. The third-order valence-corrected chi connectivity index (χ3v) is 4.51. The summed E-state index contributed by atoms with van der Waals surface area (Å²) in [6.45, 7) is 8.19. The molecular formula is C20H27N3O. The minimum Gasteiger partial charge on any atom is -0.311 e. The fourth-order valence-corrected chi connectivity index (χ4v) is 3.37. The summed E-state index contributed by atoms with van der Waals surface area (Å²) in [6.07, 6.45) is 5.25. The Kier molecular flexibility index (Phi) is 4.48. The molecule has 2 aromatic rings. The molecule has 4 heteroatoms. The van der Waals surface area contributed by atoms with Crippen LogP contribution in [-0.2, 0) is 29.6 Å². The Morgan fingerprint density at radius 2 is 1.88 bits per heavy atom. The van der Waals surface area contributed by atoms with Gasteiger partial charge in [-0.1, -0.05) is 18.2 Å². The van der Waals surface area contributed by atoms with Gasteiger partial charge in [0.25, 0.3) is 0 Å². The number of hydrogen-bond acceptors (Lipinski definition) is 2. The van der Waals surface area contributed by atoms with E-state index in [2.05, 4.69) is 49.4 Å². The van der Waals surface area contributed by atoms with Crippen molar-refractivity contribution in [3.05, 3.63) is 46.6 Å². The van der Waals surface area contributed by atoms with Crippen molar-refractivity contribution >= 4 is 11.7 Å². The molecule has 0 fully saturated rings. The molecule has 1 aliphatic carbocycles. The van der Waals surface area contributed by atoms with Crippen molar-refractivity contribution in [2.75, 3.05) is 5.32 Å². The van der Waals surface area contributed by atoms with Crippen LogP contribution < -0.4 is 5.32 Å². The van der Waals surface area contributed by atoms with Crippen molar-refractivity contribution in [1.29, 1.82) is 0 Å². The SMILES string of the molecule is Cc1cc(NC(=O)Cc2ccc3c(c2)CCCC3)n(C(C)(C)C)n1. The van der Waals surface area contributed by atoms with Crippen LogP contribution in [0, 0.1) is 6.92 Å². The zero-order valence-corrected chi connectivity index (χ0v) is 15.1. The topological polar surface area (TPSA) is 46.9 Å². The molecular weight excluding hydrogens is 298 g/mol. The van der Waals surface area contributed by atoms with Gasteiger partial charge in [0.15, 0.2) is 0 Å². The first-order valence-corrected chi connectivity index (χ1v) is 8.80. The van der Waals surface area contributed by atoms with Gasteiger partial charge in [-0.15, -0.1) is 0 Å². The van der Waals surface area contributed by atoms with Gasteiger partial charge < -0.3 is 5.32 Å². The summed E-state index contributed by atoms with van der Waals surface area (Å²) in [4.78, 5) is 12.5. The van der Waals surface area contributed by atoms with Crippen molar-refractivity contribution in [2.45, 2.75) is 65.3 Å². The number of carbonyl (C=O) groups is 1. The molecule has 1 N–H and O–H groups in total. The van der Waals surface area contributed by atoms with Gasteiger partial charge in [0, 0.05) is 6.07 Å². The van der Waals surface area contributed by atoms with E-state index in [9.17, 15) is 4.79 Å². The second-order valence-corrected chi connectivity index (χ2v) is 7.79. The number of anilines is 1. The van der Waals surface area contributed by atoms with Gasteiger partial charge in [-0.05, 0) is 70.1 Å². The summed E-state index contributed by atoms with van der Waals surface area (Å²) in [5.41, 5.74) is 4.71. The Hall–Kier alpha value is -2.10. The van der Waals surface area contributed by atoms with Crippen molar-refractivity contribution < 1.29 is 4.79 Å². The Morgan fingerprint density at radius 3 is 2.58 bits per heavy atom.